The smallest absolute Gasteiger partial charge is 0.325 e. The van der Waals surface area contributed by atoms with Crippen molar-refractivity contribution in [1.82, 2.24) is 20.9 Å². The zero-order chi connectivity index (χ0) is 23.3. The van der Waals surface area contributed by atoms with Gasteiger partial charge in [0.05, 0.1) is 6.04 Å². The van der Waals surface area contributed by atoms with E-state index < -0.39 is 30.0 Å². The molecule has 0 spiro atoms. The van der Waals surface area contributed by atoms with Crippen LogP contribution in [-0.2, 0) is 25.6 Å². The molecule has 174 valence electrons. The molecule has 32 heavy (non-hydrogen) atoms. The molecule has 3 rings (SSSR count). The average Bonchev–Trinajstić information content (AvgIpc) is 3.46. The van der Waals surface area contributed by atoms with Gasteiger partial charge in [-0.3, -0.25) is 19.2 Å². The number of carboxylic acids is 1. The second kappa shape index (κ2) is 10.4. The van der Waals surface area contributed by atoms with Gasteiger partial charge in [-0.25, -0.2) is 0 Å². The Labute approximate surface area is 186 Å². The molecule has 4 unspecified atom stereocenters. The van der Waals surface area contributed by atoms with Crippen LogP contribution in [0.3, 0.4) is 0 Å². The molecule has 10 nitrogen and oxygen atoms in total. The molecule has 4 atom stereocenters. The normalized spacial score (nSPS) is 22.2. The van der Waals surface area contributed by atoms with Gasteiger partial charge in [0, 0.05) is 13.0 Å². The minimum atomic E-state index is -1.16. The van der Waals surface area contributed by atoms with Crippen LogP contribution in [0.25, 0.3) is 0 Å². The minimum Gasteiger partial charge on any atom is -0.508 e. The Kier molecular flexibility index (Phi) is 7.68. The quantitative estimate of drug-likeness (QED) is 0.370. The van der Waals surface area contributed by atoms with Crippen LogP contribution in [-0.4, -0.2) is 76.1 Å². The number of carboxylic acid groups (broad SMARTS) is 1. The molecule has 10 heteroatoms. The Morgan fingerprint density at radius 3 is 2.44 bits per heavy atom. The number of rotatable bonds is 8. The first-order valence-corrected chi connectivity index (χ1v) is 10.9. The molecule has 2 aliphatic heterocycles. The number of benzene rings is 1. The highest BCUT2D eigenvalue weighted by Gasteiger charge is 2.39. The zero-order valence-corrected chi connectivity index (χ0v) is 18.0. The Morgan fingerprint density at radius 2 is 1.81 bits per heavy atom. The van der Waals surface area contributed by atoms with Gasteiger partial charge in [-0.05, 0) is 56.8 Å². The summed E-state index contributed by atoms with van der Waals surface area (Å²) in [7, 11) is 0. The van der Waals surface area contributed by atoms with E-state index >= 15 is 0 Å². The van der Waals surface area contributed by atoms with Crippen molar-refractivity contribution in [2.24, 2.45) is 0 Å². The number of amides is 3. The molecule has 2 heterocycles. The first kappa shape index (κ1) is 23.5. The maximum Gasteiger partial charge on any atom is 0.325 e. The molecule has 0 aliphatic carbocycles. The van der Waals surface area contributed by atoms with Gasteiger partial charge in [-0.15, -0.1) is 0 Å². The summed E-state index contributed by atoms with van der Waals surface area (Å²) in [5.41, 5.74) is 0.750. The summed E-state index contributed by atoms with van der Waals surface area (Å²) in [6, 6.07) is 3.28. The van der Waals surface area contributed by atoms with Crippen LogP contribution in [0.1, 0.15) is 38.2 Å². The molecular formula is C22H30N4O6. The lowest BCUT2D eigenvalue weighted by Crippen LogP contribution is -2.57. The number of carbonyl (C=O) groups excluding carboxylic acids is 3. The highest BCUT2D eigenvalue weighted by molar-refractivity contribution is 5.94. The van der Waals surface area contributed by atoms with Crippen molar-refractivity contribution >= 4 is 23.7 Å². The first-order chi connectivity index (χ1) is 15.3. The van der Waals surface area contributed by atoms with Crippen LogP contribution in [0.5, 0.6) is 5.75 Å². The summed E-state index contributed by atoms with van der Waals surface area (Å²) in [4.78, 5) is 51.3. The summed E-state index contributed by atoms with van der Waals surface area (Å²) < 4.78 is 0. The molecule has 2 saturated heterocycles. The molecule has 0 radical (unpaired) electrons. The van der Waals surface area contributed by atoms with Crippen molar-refractivity contribution in [3.05, 3.63) is 29.8 Å². The van der Waals surface area contributed by atoms with E-state index in [1.165, 1.54) is 24.0 Å². The monoisotopic (exact) mass is 446 g/mol. The lowest BCUT2D eigenvalue weighted by molar-refractivity contribution is -0.144. The van der Waals surface area contributed by atoms with Crippen molar-refractivity contribution in [2.75, 3.05) is 13.1 Å². The lowest BCUT2D eigenvalue weighted by atomic mass is 10.0. The van der Waals surface area contributed by atoms with Gasteiger partial charge < -0.3 is 31.1 Å². The minimum absolute atomic E-state index is 0.0969. The van der Waals surface area contributed by atoms with E-state index in [2.05, 4.69) is 16.0 Å². The number of nitrogens with one attached hydrogen (secondary N) is 3. The molecule has 0 saturated carbocycles. The fraction of sp³-hybridized carbons (Fsp3) is 0.545. The Hall–Kier alpha value is -3.14. The molecular weight excluding hydrogens is 416 g/mol. The van der Waals surface area contributed by atoms with Gasteiger partial charge in [0.1, 0.15) is 23.9 Å². The predicted molar refractivity (Wildman–Crippen MR) is 115 cm³/mol. The molecule has 5 N–H and O–H groups in total. The second-order valence-corrected chi connectivity index (χ2v) is 8.34. The van der Waals surface area contributed by atoms with Crippen LogP contribution >= 0.6 is 0 Å². The fourth-order valence-corrected chi connectivity index (χ4v) is 4.12. The number of phenols is 1. The van der Waals surface area contributed by atoms with Gasteiger partial charge in [-0.2, -0.15) is 0 Å². The molecule has 3 amide bonds. The van der Waals surface area contributed by atoms with Crippen LogP contribution in [0.15, 0.2) is 24.3 Å². The molecule has 1 aromatic carbocycles. The molecule has 2 fully saturated rings. The number of aromatic hydroxyl groups is 1. The molecule has 0 bridgehead atoms. The summed E-state index contributed by atoms with van der Waals surface area (Å²) >= 11 is 0. The maximum absolute atomic E-state index is 13.4. The first-order valence-electron chi connectivity index (χ1n) is 10.9. The van der Waals surface area contributed by atoms with E-state index in [0.29, 0.717) is 25.8 Å². The summed E-state index contributed by atoms with van der Waals surface area (Å²) in [6.07, 6.45) is 2.80. The molecule has 2 aliphatic rings. The Morgan fingerprint density at radius 1 is 1.09 bits per heavy atom. The largest absolute Gasteiger partial charge is 0.508 e. The fourth-order valence-electron chi connectivity index (χ4n) is 4.12. The van der Waals surface area contributed by atoms with Gasteiger partial charge in [-0.1, -0.05) is 12.1 Å². The van der Waals surface area contributed by atoms with E-state index in [4.69, 9.17) is 5.11 Å². The number of carbonyl (C=O) groups is 4. The van der Waals surface area contributed by atoms with E-state index in [1.54, 1.807) is 12.1 Å². The standard InChI is InChI=1S/C22H30N4O6/c1-13(22(31)32)24-20(29)18-5-3-11-26(18)21(30)17(12-14-6-8-15(27)9-7-14)25-19(28)16-4-2-10-23-16/h6-9,13,16-18,23,27H,2-5,10-12H2,1H3,(H,24,29)(H,25,28)(H,31,32). The van der Waals surface area contributed by atoms with Gasteiger partial charge >= 0.3 is 5.97 Å². The average molecular weight is 447 g/mol. The van der Waals surface area contributed by atoms with E-state index in [-0.39, 0.29) is 30.0 Å². The van der Waals surface area contributed by atoms with Gasteiger partial charge in [0.2, 0.25) is 17.7 Å². The van der Waals surface area contributed by atoms with Crippen molar-refractivity contribution in [3.63, 3.8) is 0 Å². The van der Waals surface area contributed by atoms with Crippen molar-refractivity contribution in [2.45, 2.75) is 63.2 Å². The van der Waals surface area contributed by atoms with Crippen LogP contribution < -0.4 is 16.0 Å². The zero-order valence-electron chi connectivity index (χ0n) is 18.0. The molecule has 1 aromatic rings. The number of nitrogens with zero attached hydrogens (tertiary/aromatic N) is 1. The SMILES string of the molecule is CC(NC(=O)C1CCCN1C(=O)C(Cc1ccc(O)cc1)NC(=O)C1CCCN1)C(=O)O. The summed E-state index contributed by atoms with van der Waals surface area (Å²) in [5, 5.41) is 27.0. The summed E-state index contributed by atoms with van der Waals surface area (Å²) in [6.45, 7) is 2.45. The van der Waals surface area contributed by atoms with Gasteiger partial charge in [0.25, 0.3) is 0 Å². The third-order valence-electron chi connectivity index (χ3n) is 5.94. The van der Waals surface area contributed by atoms with Crippen molar-refractivity contribution < 1.29 is 29.4 Å². The van der Waals surface area contributed by atoms with Gasteiger partial charge in [0.15, 0.2) is 0 Å². The third kappa shape index (κ3) is 5.76. The van der Waals surface area contributed by atoms with Crippen molar-refractivity contribution in [3.8, 4) is 5.75 Å². The third-order valence-corrected chi connectivity index (χ3v) is 5.94. The van der Waals surface area contributed by atoms with Crippen LogP contribution in [0.2, 0.25) is 0 Å². The van der Waals surface area contributed by atoms with E-state index in [1.807, 2.05) is 0 Å². The maximum atomic E-state index is 13.4. The number of hydrogen-bond acceptors (Lipinski definition) is 6. The Bertz CT molecular complexity index is 852. The highest BCUT2D eigenvalue weighted by atomic mass is 16.4. The van der Waals surface area contributed by atoms with E-state index in [9.17, 15) is 24.3 Å². The van der Waals surface area contributed by atoms with Crippen molar-refractivity contribution in [1.29, 1.82) is 0 Å². The second-order valence-electron chi connectivity index (χ2n) is 8.34. The Balaban J connectivity index is 1.76. The summed E-state index contributed by atoms with van der Waals surface area (Å²) in [5.74, 6) is -2.22. The predicted octanol–water partition coefficient (Wildman–Crippen LogP) is -0.248. The highest BCUT2D eigenvalue weighted by Crippen LogP contribution is 2.21. The number of hydrogen-bond donors (Lipinski definition) is 5. The molecule has 0 aromatic heterocycles. The number of phenolic OH excluding ortho intramolecular Hbond substituents is 1. The topological polar surface area (TPSA) is 148 Å². The number of likely N-dealkylation sites (tertiary alicyclic amines) is 1. The van der Waals surface area contributed by atoms with Crippen LogP contribution in [0, 0.1) is 0 Å². The van der Waals surface area contributed by atoms with E-state index in [0.717, 1.165) is 18.5 Å². The van der Waals surface area contributed by atoms with Crippen LogP contribution in [0.4, 0.5) is 0 Å². The number of aliphatic carboxylic acids is 1. The lowest BCUT2D eigenvalue weighted by Gasteiger charge is -2.30.